The number of alkyl halides is 3. The van der Waals surface area contributed by atoms with Crippen LogP contribution in [0.5, 0.6) is 5.75 Å². The van der Waals surface area contributed by atoms with E-state index >= 15 is 0 Å². The Labute approximate surface area is 119 Å². The largest absolute Gasteiger partial charge is 0.483 e. The SMILES string of the molecule is COC(=O)c1cc(Cl)c(I)cc1OCC(F)(F)F. The van der Waals surface area contributed by atoms with Crippen LogP contribution in [-0.4, -0.2) is 25.9 Å². The maximum Gasteiger partial charge on any atom is 0.422 e. The second-order valence-corrected chi connectivity index (χ2v) is 4.73. The van der Waals surface area contributed by atoms with Gasteiger partial charge < -0.3 is 9.47 Å². The summed E-state index contributed by atoms with van der Waals surface area (Å²) >= 11 is 7.60. The zero-order valence-corrected chi connectivity index (χ0v) is 11.9. The van der Waals surface area contributed by atoms with Crippen molar-refractivity contribution in [1.29, 1.82) is 0 Å². The molecule has 0 saturated carbocycles. The standard InChI is InChI=1S/C10H7ClF3IO3/c1-17-9(16)5-2-6(11)7(15)3-8(5)18-4-10(12,13)14/h2-3H,4H2,1H3. The number of methoxy groups -OCH3 is 1. The number of carbonyl (C=O) groups is 1. The van der Waals surface area contributed by atoms with Crippen molar-refractivity contribution in [3.63, 3.8) is 0 Å². The number of rotatable bonds is 3. The first kappa shape index (κ1) is 15.4. The van der Waals surface area contributed by atoms with Gasteiger partial charge in [-0.3, -0.25) is 0 Å². The average molecular weight is 395 g/mol. The van der Waals surface area contributed by atoms with Crippen LogP contribution in [0.2, 0.25) is 5.02 Å². The highest BCUT2D eigenvalue weighted by atomic mass is 127. The maximum absolute atomic E-state index is 12.1. The number of esters is 1. The third-order valence-corrected chi connectivity index (χ3v) is 3.34. The van der Waals surface area contributed by atoms with Gasteiger partial charge in [0.15, 0.2) is 6.61 Å². The van der Waals surface area contributed by atoms with Crippen LogP contribution >= 0.6 is 34.2 Å². The number of benzene rings is 1. The Morgan fingerprint density at radius 1 is 1.44 bits per heavy atom. The molecule has 0 aromatic heterocycles. The van der Waals surface area contributed by atoms with Gasteiger partial charge in [0.05, 0.1) is 12.1 Å². The molecule has 0 bridgehead atoms. The van der Waals surface area contributed by atoms with Crippen molar-refractivity contribution >= 4 is 40.2 Å². The number of ether oxygens (including phenoxy) is 2. The summed E-state index contributed by atoms with van der Waals surface area (Å²) in [6.45, 7) is -1.49. The van der Waals surface area contributed by atoms with Crippen LogP contribution in [-0.2, 0) is 4.74 Å². The summed E-state index contributed by atoms with van der Waals surface area (Å²) in [5, 5.41) is 0.232. The predicted octanol–water partition coefficient (Wildman–Crippen LogP) is 3.67. The Bertz CT molecular complexity index is 462. The molecule has 0 radical (unpaired) electrons. The minimum atomic E-state index is -4.49. The summed E-state index contributed by atoms with van der Waals surface area (Å²) in [6, 6.07) is 2.46. The second kappa shape index (κ2) is 5.96. The highest BCUT2D eigenvalue weighted by Gasteiger charge is 2.29. The Hall–Kier alpha value is -0.700. The van der Waals surface area contributed by atoms with Crippen molar-refractivity contribution in [2.24, 2.45) is 0 Å². The van der Waals surface area contributed by atoms with Gasteiger partial charge >= 0.3 is 12.1 Å². The molecule has 3 nitrogen and oxygen atoms in total. The summed E-state index contributed by atoms with van der Waals surface area (Å²) in [5.74, 6) is -1.03. The summed E-state index contributed by atoms with van der Waals surface area (Å²) in [6.07, 6.45) is -4.49. The Kier molecular flexibility index (Phi) is 5.09. The monoisotopic (exact) mass is 394 g/mol. The summed E-state index contributed by atoms with van der Waals surface area (Å²) in [7, 11) is 1.11. The third-order valence-electron chi connectivity index (χ3n) is 1.82. The minimum Gasteiger partial charge on any atom is -0.483 e. The molecule has 0 atom stereocenters. The highest BCUT2D eigenvalue weighted by molar-refractivity contribution is 14.1. The fourth-order valence-corrected chi connectivity index (χ4v) is 1.68. The van der Waals surface area contributed by atoms with Gasteiger partial charge in [-0.15, -0.1) is 0 Å². The van der Waals surface area contributed by atoms with Crippen molar-refractivity contribution in [3.8, 4) is 5.75 Å². The van der Waals surface area contributed by atoms with Crippen LogP contribution in [0.25, 0.3) is 0 Å². The van der Waals surface area contributed by atoms with Gasteiger partial charge in [-0.2, -0.15) is 13.2 Å². The number of hydrogen-bond donors (Lipinski definition) is 0. The zero-order valence-electron chi connectivity index (χ0n) is 8.98. The molecule has 18 heavy (non-hydrogen) atoms. The first-order chi connectivity index (χ1) is 8.24. The smallest absolute Gasteiger partial charge is 0.422 e. The molecule has 0 unspecified atom stereocenters. The van der Waals surface area contributed by atoms with Crippen LogP contribution in [0.15, 0.2) is 12.1 Å². The van der Waals surface area contributed by atoms with Crippen LogP contribution in [0, 0.1) is 3.57 Å². The van der Waals surface area contributed by atoms with Crippen LogP contribution < -0.4 is 4.74 Å². The van der Waals surface area contributed by atoms with E-state index in [4.69, 9.17) is 11.6 Å². The van der Waals surface area contributed by atoms with Crippen molar-refractivity contribution in [1.82, 2.24) is 0 Å². The lowest BCUT2D eigenvalue weighted by molar-refractivity contribution is -0.153. The normalized spacial score (nSPS) is 11.2. The van der Waals surface area contributed by atoms with Gasteiger partial charge in [-0.1, -0.05) is 11.6 Å². The predicted molar refractivity (Wildman–Crippen MR) is 67.1 cm³/mol. The van der Waals surface area contributed by atoms with E-state index in [1.165, 1.54) is 12.1 Å². The Balaban J connectivity index is 3.08. The van der Waals surface area contributed by atoms with E-state index < -0.39 is 18.8 Å². The topological polar surface area (TPSA) is 35.5 Å². The molecule has 0 aliphatic carbocycles. The molecule has 1 aromatic rings. The van der Waals surface area contributed by atoms with E-state index in [1.807, 2.05) is 22.6 Å². The molecule has 100 valence electrons. The minimum absolute atomic E-state index is 0.146. The van der Waals surface area contributed by atoms with E-state index in [1.54, 1.807) is 0 Å². The number of carbonyl (C=O) groups excluding carboxylic acids is 1. The summed E-state index contributed by atoms with van der Waals surface area (Å²) in [5.41, 5.74) is -0.146. The first-order valence-corrected chi connectivity index (χ1v) is 5.97. The fourth-order valence-electron chi connectivity index (χ4n) is 1.08. The molecule has 0 saturated heterocycles. The molecule has 0 spiro atoms. The lowest BCUT2D eigenvalue weighted by atomic mass is 10.2. The van der Waals surface area contributed by atoms with E-state index in [-0.39, 0.29) is 16.3 Å². The molecule has 0 amide bonds. The van der Waals surface area contributed by atoms with E-state index in [0.717, 1.165) is 7.11 Å². The Morgan fingerprint density at radius 2 is 2.06 bits per heavy atom. The van der Waals surface area contributed by atoms with Gasteiger partial charge in [0, 0.05) is 3.57 Å². The van der Waals surface area contributed by atoms with Gasteiger partial charge in [0.1, 0.15) is 11.3 Å². The first-order valence-electron chi connectivity index (χ1n) is 4.51. The van der Waals surface area contributed by atoms with Gasteiger partial charge in [0.2, 0.25) is 0 Å². The van der Waals surface area contributed by atoms with Crippen LogP contribution in [0.3, 0.4) is 0 Å². The fraction of sp³-hybridized carbons (Fsp3) is 0.300. The maximum atomic E-state index is 12.1. The highest BCUT2D eigenvalue weighted by Crippen LogP contribution is 2.30. The summed E-state index contributed by atoms with van der Waals surface area (Å²) < 4.78 is 45.7. The molecule has 1 rings (SSSR count). The quantitative estimate of drug-likeness (QED) is 0.580. The molecule has 8 heteroatoms. The van der Waals surface area contributed by atoms with E-state index in [9.17, 15) is 18.0 Å². The van der Waals surface area contributed by atoms with Crippen LogP contribution in [0.1, 0.15) is 10.4 Å². The van der Waals surface area contributed by atoms with Crippen molar-refractivity contribution in [2.45, 2.75) is 6.18 Å². The van der Waals surface area contributed by atoms with Gasteiger partial charge in [-0.05, 0) is 34.7 Å². The molecule has 0 aliphatic rings. The van der Waals surface area contributed by atoms with Gasteiger partial charge in [-0.25, -0.2) is 4.79 Å². The zero-order chi connectivity index (χ0) is 13.9. The second-order valence-electron chi connectivity index (χ2n) is 3.16. The summed E-state index contributed by atoms with van der Waals surface area (Å²) in [4.78, 5) is 11.4. The lowest BCUT2D eigenvalue weighted by Crippen LogP contribution is -2.20. The average Bonchev–Trinajstić information content (AvgIpc) is 2.28. The molecule has 0 fully saturated rings. The van der Waals surface area contributed by atoms with Crippen LogP contribution in [0.4, 0.5) is 13.2 Å². The lowest BCUT2D eigenvalue weighted by Gasteiger charge is -2.13. The van der Waals surface area contributed by atoms with Gasteiger partial charge in [0.25, 0.3) is 0 Å². The molecule has 1 aromatic carbocycles. The molecule has 0 N–H and O–H groups in total. The molecular formula is C10H7ClF3IO3. The Morgan fingerprint density at radius 3 is 2.56 bits per heavy atom. The molecule has 0 aliphatic heterocycles. The molecule has 0 heterocycles. The van der Waals surface area contributed by atoms with E-state index in [0.29, 0.717) is 3.57 Å². The number of hydrogen-bond acceptors (Lipinski definition) is 3. The third kappa shape index (κ3) is 4.20. The van der Waals surface area contributed by atoms with Crippen molar-refractivity contribution in [3.05, 3.63) is 26.3 Å². The number of halogens is 5. The van der Waals surface area contributed by atoms with E-state index in [2.05, 4.69) is 9.47 Å². The molecular weight excluding hydrogens is 387 g/mol. The van der Waals surface area contributed by atoms with Crippen molar-refractivity contribution in [2.75, 3.05) is 13.7 Å². The van der Waals surface area contributed by atoms with Crippen molar-refractivity contribution < 1.29 is 27.4 Å².